The summed E-state index contributed by atoms with van der Waals surface area (Å²) in [6, 6.07) is 4.46. The van der Waals surface area contributed by atoms with Gasteiger partial charge in [-0.25, -0.2) is 0 Å². The third-order valence-electron chi connectivity index (χ3n) is 5.32. The summed E-state index contributed by atoms with van der Waals surface area (Å²) in [6.07, 6.45) is 6.97. The SMILES string of the molecule is Cc1cc(C2CCCN(CC(=O)NC3(C#N)CCCCC3)C2)n[nH]1. The number of likely N-dealkylation sites (tertiary alicyclic amines) is 1. The predicted octanol–water partition coefficient (Wildman–Crippen LogP) is 2.24. The molecule has 0 spiro atoms. The minimum atomic E-state index is -0.635. The number of hydrogen-bond acceptors (Lipinski definition) is 4. The molecule has 1 unspecified atom stereocenters. The number of piperidine rings is 1. The van der Waals surface area contributed by atoms with Gasteiger partial charge in [-0.15, -0.1) is 0 Å². The smallest absolute Gasteiger partial charge is 0.235 e. The molecule has 1 aliphatic carbocycles. The number of carbonyl (C=O) groups is 1. The summed E-state index contributed by atoms with van der Waals surface area (Å²) in [5.41, 5.74) is 1.54. The second-order valence-corrected chi connectivity index (χ2v) is 7.35. The lowest BCUT2D eigenvalue weighted by atomic mass is 9.83. The molecule has 0 aromatic carbocycles. The van der Waals surface area contributed by atoms with E-state index in [-0.39, 0.29) is 5.91 Å². The third-order valence-corrected chi connectivity index (χ3v) is 5.32. The molecule has 1 saturated heterocycles. The summed E-state index contributed by atoms with van der Waals surface area (Å²) in [4.78, 5) is 14.7. The number of nitrogens with zero attached hydrogens (tertiary/aromatic N) is 3. The van der Waals surface area contributed by atoms with Gasteiger partial charge < -0.3 is 5.32 Å². The molecule has 1 amide bonds. The highest BCUT2D eigenvalue weighted by molar-refractivity contribution is 5.79. The maximum atomic E-state index is 12.5. The van der Waals surface area contributed by atoms with Crippen LogP contribution < -0.4 is 5.32 Å². The van der Waals surface area contributed by atoms with Gasteiger partial charge in [0.1, 0.15) is 5.54 Å². The first kappa shape index (κ1) is 17.0. The minimum Gasteiger partial charge on any atom is -0.337 e. The van der Waals surface area contributed by atoms with Crippen molar-refractivity contribution < 1.29 is 4.79 Å². The van der Waals surface area contributed by atoms with E-state index in [0.717, 1.165) is 69.4 Å². The first-order valence-corrected chi connectivity index (χ1v) is 9.07. The molecular formula is C18H27N5O. The predicted molar refractivity (Wildman–Crippen MR) is 91.3 cm³/mol. The summed E-state index contributed by atoms with van der Waals surface area (Å²) in [5, 5.41) is 19.9. The van der Waals surface area contributed by atoms with Gasteiger partial charge in [-0.1, -0.05) is 19.3 Å². The number of aromatic nitrogens is 2. The molecule has 1 aliphatic heterocycles. The molecule has 2 aliphatic rings. The Morgan fingerprint density at radius 1 is 1.46 bits per heavy atom. The zero-order chi connectivity index (χ0) is 17.0. The molecule has 24 heavy (non-hydrogen) atoms. The fraction of sp³-hybridized carbons (Fsp3) is 0.722. The highest BCUT2D eigenvalue weighted by Crippen LogP contribution is 2.28. The lowest BCUT2D eigenvalue weighted by Gasteiger charge is -2.34. The average molecular weight is 329 g/mol. The lowest BCUT2D eigenvalue weighted by Crippen LogP contribution is -2.52. The fourth-order valence-corrected chi connectivity index (χ4v) is 4.02. The van der Waals surface area contributed by atoms with Gasteiger partial charge in [0.15, 0.2) is 0 Å². The Morgan fingerprint density at radius 2 is 2.25 bits per heavy atom. The molecule has 1 aromatic heterocycles. The van der Waals surface area contributed by atoms with E-state index in [1.165, 1.54) is 0 Å². The number of nitrogens with one attached hydrogen (secondary N) is 2. The van der Waals surface area contributed by atoms with E-state index in [9.17, 15) is 10.1 Å². The van der Waals surface area contributed by atoms with Gasteiger partial charge in [-0.05, 0) is 45.2 Å². The summed E-state index contributed by atoms with van der Waals surface area (Å²) in [7, 11) is 0. The van der Waals surface area contributed by atoms with Crippen LogP contribution in [0.25, 0.3) is 0 Å². The van der Waals surface area contributed by atoms with Crippen molar-refractivity contribution in [3.63, 3.8) is 0 Å². The number of nitriles is 1. The van der Waals surface area contributed by atoms with E-state index in [1.54, 1.807) is 0 Å². The van der Waals surface area contributed by atoms with Crippen LogP contribution in [0.4, 0.5) is 0 Å². The molecular weight excluding hydrogens is 302 g/mol. The first-order chi connectivity index (χ1) is 11.6. The van der Waals surface area contributed by atoms with E-state index in [2.05, 4.69) is 32.5 Å². The molecule has 0 bridgehead atoms. The molecule has 3 rings (SSSR count). The Balaban J connectivity index is 1.55. The number of carbonyl (C=O) groups excluding carboxylic acids is 1. The van der Waals surface area contributed by atoms with E-state index in [1.807, 2.05) is 6.92 Å². The van der Waals surface area contributed by atoms with Crippen molar-refractivity contribution >= 4 is 5.91 Å². The first-order valence-electron chi connectivity index (χ1n) is 9.07. The second-order valence-electron chi connectivity index (χ2n) is 7.35. The van der Waals surface area contributed by atoms with Gasteiger partial charge in [0.05, 0.1) is 18.3 Å². The van der Waals surface area contributed by atoms with Gasteiger partial charge in [0, 0.05) is 18.2 Å². The van der Waals surface area contributed by atoms with Crippen LogP contribution in [0, 0.1) is 18.3 Å². The molecule has 1 atom stereocenters. The van der Waals surface area contributed by atoms with Crippen LogP contribution in [0.3, 0.4) is 0 Å². The molecule has 1 saturated carbocycles. The Kier molecular flexibility index (Phi) is 5.20. The van der Waals surface area contributed by atoms with E-state index < -0.39 is 5.54 Å². The second kappa shape index (κ2) is 7.35. The van der Waals surface area contributed by atoms with E-state index >= 15 is 0 Å². The van der Waals surface area contributed by atoms with Crippen LogP contribution in [0.1, 0.15) is 62.3 Å². The normalized spacial score (nSPS) is 24.2. The summed E-state index contributed by atoms with van der Waals surface area (Å²) in [6.45, 7) is 4.18. The average Bonchev–Trinajstić information content (AvgIpc) is 3.02. The molecule has 0 radical (unpaired) electrons. The van der Waals surface area contributed by atoms with Crippen molar-refractivity contribution in [1.29, 1.82) is 5.26 Å². The van der Waals surface area contributed by atoms with E-state index in [0.29, 0.717) is 12.5 Å². The van der Waals surface area contributed by atoms with Gasteiger partial charge in [-0.3, -0.25) is 14.8 Å². The molecule has 2 N–H and O–H groups in total. The Morgan fingerprint density at radius 3 is 2.92 bits per heavy atom. The highest BCUT2D eigenvalue weighted by Gasteiger charge is 2.34. The van der Waals surface area contributed by atoms with Gasteiger partial charge in [0.2, 0.25) is 5.91 Å². The number of H-pyrrole nitrogens is 1. The van der Waals surface area contributed by atoms with Crippen LogP contribution in [-0.4, -0.2) is 46.2 Å². The molecule has 1 aromatic rings. The van der Waals surface area contributed by atoms with Crippen molar-refractivity contribution in [2.75, 3.05) is 19.6 Å². The Hall–Kier alpha value is -1.87. The Labute approximate surface area is 143 Å². The van der Waals surface area contributed by atoms with Crippen LogP contribution in [-0.2, 0) is 4.79 Å². The zero-order valence-electron chi connectivity index (χ0n) is 14.5. The van der Waals surface area contributed by atoms with Crippen LogP contribution in [0.15, 0.2) is 6.07 Å². The lowest BCUT2D eigenvalue weighted by molar-refractivity contribution is -0.124. The molecule has 6 heteroatoms. The van der Waals surface area contributed by atoms with Gasteiger partial charge in [0.25, 0.3) is 0 Å². The minimum absolute atomic E-state index is 0.0164. The van der Waals surface area contributed by atoms with Crippen molar-refractivity contribution in [2.45, 2.75) is 63.3 Å². The van der Waals surface area contributed by atoms with E-state index in [4.69, 9.17) is 0 Å². The van der Waals surface area contributed by atoms with Crippen molar-refractivity contribution in [2.24, 2.45) is 0 Å². The topological polar surface area (TPSA) is 84.8 Å². The maximum Gasteiger partial charge on any atom is 0.235 e. The Bertz CT molecular complexity index is 611. The maximum absolute atomic E-state index is 12.5. The van der Waals surface area contributed by atoms with Gasteiger partial charge in [-0.2, -0.15) is 10.4 Å². The molecule has 6 nitrogen and oxygen atoms in total. The summed E-state index contributed by atoms with van der Waals surface area (Å²) < 4.78 is 0. The number of rotatable bonds is 4. The standard InChI is InChI=1S/C18H27N5O/c1-14-10-16(22-21-14)15-6-5-9-23(11-15)12-17(24)20-18(13-19)7-3-2-4-8-18/h10,15H,2-9,11-12H2,1H3,(H,20,24)(H,21,22). The van der Waals surface area contributed by atoms with Crippen molar-refractivity contribution in [1.82, 2.24) is 20.4 Å². The van der Waals surface area contributed by atoms with Crippen LogP contribution >= 0.6 is 0 Å². The zero-order valence-corrected chi connectivity index (χ0v) is 14.5. The number of amides is 1. The number of aromatic amines is 1. The number of aryl methyl sites for hydroxylation is 1. The quantitative estimate of drug-likeness (QED) is 0.887. The van der Waals surface area contributed by atoms with Gasteiger partial charge >= 0.3 is 0 Å². The largest absolute Gasteiger partial charge is 0.337 e. The number of hydrogen-bond donors (Lipinski definition) is 2. The van der Waals surface area contributed by atoms with Crippen molar-refractivity contribution in [3.05, 3.63) is 17.5 Å². The highest BCUT2D eigenvalue weighted by atomic mass is 16.2. The summed E-state index contributed by atoms with van der Waals surface area (Å²) >= 11 is 0. The molecule has 2 heterocycles. The summed E-state index contributed by atoms with van der Waals surface area (Å²) in [5.74, 6) is 0.369. The van der Waals surface area contributed by atoms with Crippen molar-refractivity contribution in [3.8, 4) is 6.07 Å². The third kappa shape index (κ3) is 3.96. The fourth-order valence-electron chi connectivity index (χ4n) is 4.02. The van der Waals surface area contributed by atoms with Crippen LogP contribution in [0.5, 0.6) is 0 Å². The monoisotopic (exact) mass is 329 g/mol. The van der Waals surface area contributed by atoms with Crippen LogP contribution in [0.2, 0.25) is 0 Å². The molecule has 130 valence electrons. The molecule has 2 fully saturated rings.